The highest BCUT2D eigenvalue weighted by atomic mass is 32.2. The fourth-order valence-corrected chi connectivity index (χ4v) is 4.73. The Morgan fingerprint density at radius 2 is 2.16 bits per heavy atom. The van der Waals surface area contributed by atoms with E-state index in [1.54, 1.807) is 12.1 Å². The van der Waals surface area contributed by atoms with Crippen LogP contribution in [0.25, 0.3) is 0 Å². The minimum atomic E-state index is -2.88. The summed E-state index contributed by atoms with van der Waals surface area (Å²) in [5.74, 6) is 0.615. The monoisotopic (exact) mass is 285 g/mol. The zero-order chi connectivity index (χ0) is 13.9. The molecule has 5 heteroatoms. The van der Waals surface area contributed by atoms with Gasteiger partial charge in [-0.25, -0.2) is 12.8 Å². The lowest BCUT2D eigenvalue weighted by Crippen LogP contribution is -2.29. The summed E-state index contributed by atoms with van der Waals surface area (Å²) < 4.78 is 36.8. The van der Waals surface area contributed by atoms with Crippen LogP contribution in [0.5, 0.6) is 0 Å². The normalized spacial score (nSPS) is 23.4. The van der Waals surface area contributed by atoms with E-state index in [9.17, 15) is 12.8 Å². The van der Waals surface area contributed by atoms with E-state index in [2.05, 4.69) is 5.32 Å². The maximum Gasteiger partial charge on any atom is 0.150 e. The maximum absolute atomic E-state index is 13.7. The highest BCUT2D eigenvalue weighted by Gasteiger charge is 2.33. The zero-order valence-corrected chi connectivity index (χ0v) is 11.9. The van der Waals surface area contributed by atoms with Gasteiger partial charge >= 0.3 is 0 Å². The third kappa shape index (κ3) is 3.76. The lowest BCUT2D eigenvalue weighted by Gasteiger charge is -2.22. The van der Waals surface area contributed by atoms with Crippen LogP contribution in [0, 0.1) is 17.7 Å². The van der Waals surface area contributed by atoms with Gasteiger partial charge in [0.2, 0.25) is 0 Å². The van der Waals surface area contributed by atoms with Crippen molar-refractivity contribution in [2.75, 3.05) is 25.1 Å². The molecule has 0 amide bonds. The molecule has 0 aliphatic carbocycles. The summed E-state index contributed by atoms with van der Waals surface area (Å²) >= 11 is 0. The molecule has 1 aromatic carbocycles. The lowest BCUT2D eigenvalue weighted by molar-refractivity contribution is 0.348. The van der Waals surface area contributed by atoms with Gasteiger partial charge in [0.25, 0.3) is 0 Å². The van der Waals surface area contributed by atoms with Gasteiger partial charge in [-0.2, -0.15) is 0 Å². The SMILES string of the molecule is CNCC(Cc1ccccc1F)C1CCS(=O)(=O)C1. The van der Waals surface area contributed by atoms with Crippen LogP contribution in [0.2, 0.25) is 0 Å². The third-order valence-electron chi connectivity index (χ3n) is 3.84. The molecule has 3 nitrogen and oxygen atoms in total. The first-order valence-corrected chi connectivity index (χ1v) is 8.42. The number of nitrogens with one attached hydrogen (secondary N) is 1. The van der Waals surface area contributed by atoms with E-state index in [1.165, 1.54) is 6.07 Å². The van der Waals surface area contributed by atoms with Gasteiger partial charge in [0.15, 0.2) is 9.84 Å². The fraction of sp³-hybridized carbons (Fsp3) is 0.571. The predicted octanol–water partition coefficient (Wildman–Crippen LogP) is 1.64. The van der Waals surface area contributed by atoms with Crippen molar-refractivity contribution in [2.45, 2.75) is 12.8 Å². The molecule has 0 spiro atoms. The topological polar surface area (TPSA) is 46.2 Å². The lowest BCUT2D eigenvalue weighted by atomic mass is 9.86. The van der Waals surface area contributed by atoms with Crippen molar-refractivity contribution in [2.24, 2.45) is 11.8 Å². The number of hydrogen-bond acceptors (Lipinski definition) is 3. The van der Waals surface area contributed by atoms with Gasteiger partial charge < -0.3 is 5.32 Å². The van der Waals surface area contributed by atoms with Crippen LogP contribution in [0.15, 0.2) is 24.3 Å². The molecule has 1 aliphatic heterocycles. The molecule has 2 atom stereocenters. The van der Waals surface area contributed by atoms with Gasteiger partial charge in [0.05, 0.1) is 11.5 Å². The first kappa shape index (κ1) is 14.5. The van der Waals surface area contributed by atoms with Crippen molar-refractivity contribution in [1.82, 2.24) is 5.32 Å². The highest BCUT2D eigenvalue weighted by Crippen LogP contribution is 2.28. The molecule has 106 valence electrons. The van der Waals surface area contributed by atoms with Gasteiger partial charge in [-0.1, -0.05) is 18.2 Å². The Morgan fingerprint density at radius 3 is 2.74 bits per heavy atom. The van der Waals surface area contributed by atoms with Crippen LogP contribution in [0.4, 0.5) is 4.39 Å². The van der Waals surface area contributed by atoms with Gasteiger partial charge in [-0.05, 0) is 49.9 Å². The molecule has 1 heterocycles. The minimum absolute atomic E-state index is 0.136. The highest BCUT2D eigenvalue weighted by molar-refractivity contribution is 7.91. The van der Waals surface area contributed by atoms with E-state index in [4.69, 9.17) is 0 Å². The minimum Gasteiger partial charge on any atom is -0.319 e. The van der Waals surface area contributed by atoms with E-state index in [1.807, 2.05) is 13.1 Å². The summed E-state index contributed by atoms with van der Waals surface area (Å²) in [4.78, 5) is 0. The largest absolute Gasteiger partial charge is 0.319 e. The molecule has 1 aromatic rings. The van der Waals surface area contributed by atoms with Crippen LogP contribution in [-0.4, -0.2) is 33.5 Å². The number of sulfone groups is 1. The Bertz CT molecular complexity index is 530. The summed E-state index contributed by atoms with van der Waals surface area (Å²) in [6, 6.07) is 6.73. The molecule has 2 rings (SSSR count). The molecule has 1 fully saturated rings. The van der Waals surface area contributed by atoms with E-state index in [-0.39, 0.29) is 29.2 Å². The van der Waals surface area contributed by atoms with Crippen LogP contribution in [-0.2, 0) is 16.3 Å². The van der Waals surface area contributed by atoms with Crippen LogP contribution in [0.1, 0.15) is 12.0 Å². The average Bonchev–Trinajstić information content (AvgIpc) is 2.72. The van der Waals surface area contributed by atoms with Crippen molar-refractivity contribution in [3.63, 3.8) is 0 Å². The number of rotatable bonds is 5. The van der Waals surface area contributed by atoms with E-state index >= 15 is 0 Å². The van der Waals surface area contributed by atoms with Gasteiger partial charge in [0.1, 0.15) is 5.82 Å². The Hall–Kier alpha value is -0.940. The molecular formula is C14H20FNO2S. The van der Waals surface area contributed by atoms with Crippen LogP contribution in [0.3, 0.4) is 0 Å². The molecule has 0 aromatic heterocycles. The van der Waals surface area contributed by atoms with E-state index in [0.29, 0.717) is 24.9 Å². The molecule has 19 heavy (non-hydrogen) atoms. The standard InChI is InChI=1S/C14H20FNO2S/c1-16-9-13(12-6-7-19(17,18)10-12)8-11-4-2-3-5-14(11)15/h2-5,12-13,16H,6-10H2,1H3. The van der Waals surface area contributed by atoms with Crippen molar-refractivity contribution in [3.8, 4) is 0 Å². The first-order valence-electron chi connectivity index (χ1n) is 6.60. The summed E-state index contributed by atoms with van der Waals surface area (Å²) in [5, 5.41) is 3.09. The second-order valence-electron chi connectivity index (χ2n) is 5.28. The predicted molar refractivity (Wildman–Crippen MR) is 74.3 cm³/mol. The maximum atomic E-state index is 13.7. The van der Waals surface area contributed by atoms with E-state index < -0.39 is 9.84 Å². The quantitative estimate of drug-likeness (QED) is 0.894. The van der Waals surface area contributed by atoms with Gasteiger partial charge in [-0.3, -0.25) is 0 Å². The van der Waals surface area contributed by atoms with Crippen LogP contribution < -0.4 is 5.32 Å². The number of halogens is 1. The van der Waals surface area contributed by atoms with E-state index in [0.717, 1.165) is 0 Å². The van der Waals surface area contributed by atoms with Crippen molar-refractivity contribution in [3.05, 3.63) is 35.6 Å². The number of benzene rings is 1. The van der Waals surface area contributed by atoms with Crippen molar-refractivity contribution >= 4 is 9.84 Å². The molecule has 1 N–H and O–H groups in total. The summed E-state index contributed by atoms with van der Waals surface area (Å²) in [6.45, 7) is 0.717. The molecule has 1 aliphatic rings. The second-order valence-corrected chi connectivity index (χ2v) is 7.51. The second kappa shape index (κ2) is 6.01. The molecular weight excluding hydrogens is 265 g/mol. The van der Waals surface area contributed by atoms with Crippen LogP contribution >= 0.6 is 0 Å². The summed E-state index contributed by atoms with van der Waals surface area (Å²) in [6.07, 6.45) is 1.29. The first-order chi connectivity index (χ1) is 9.02. The molecule has 0 saturated carbocycles. The van der Waals surface area contributed by atoms with Gasteiger partial charge in [0, 0.05) is 0 Å². The number of hydrogen-bond donors (Lipinski definition) is 1. The summed E-state index contributed by atoms with van der Waals surface area (Å²) in [5.41, 5.74) is 0.673. The van der Waals surface area contributed by atoms with Crippen molar-refractivity contribution in [1.29, 1.82) is 0 Å². The molecule has 0 bridgehead atoms. The van der Waals surface area contributed by atoms with Crippen molar-refractivity contribution < 1.29 is 12.8 Å². The Morgan fingerprint density at radius 1 is 1.42 bits per heavy atom. The molecule has 1 saturated heterocycles. The Labute approximate surface area is 114 Å². The fourth-order valence-electron chi connectivity index (χ4n) is 2.81. The smallest absolute Gasteiger partial charge is 0.150 e. The third-order valence-corrected chi connectivity index (χ3v) is 5.63. The summed E-state index contributed by atoms with van der Waals surface area (Å²) in [7, 11) is -1.04. The average molecular weight is 285 g/mol. The van der Waals surface area contributed by atoms with Gasteiger partial charge in [-0.15, -0.1) is 0 Å². The Kier molecular flexibility index (Phi) is 4.58. The molecule has 2 unspecified atom stereocenters. The Balaban J connectivity index is 2.11. The zero-order valence-electron chi connectivity index (χ0n) is 11.1. The molecule has 0 radical (unpaired) electrons.